The minimum Gasteiger partial charge on any atom is -0.327 e. The zero-order valence-electron chi connectivity index (χ0n) is 6.43. The molecule has 0 heterocycles. The fourth-order valence-corrected chi connectivity index (χ4v) is 1.62. The summed E-state index contributed by atoms with van der Waals surface area (Å²) in [7, 11) is 0. The van der Waals surface area contributed by atoms with Crippen LogP contribution in [-0.4, -0.2) is 6.04 Å². The maximum absolute atomic E-state index is 5.87. The van der Waals surface area contributed by atoms with E-state index in [1.807, 2.05) is 0 Å². The lowest BCUT2D eigenvalue weighted by Gasteiger charge is -2.31. The van der Waals surface area contributed by atoms with Gasteiger partial charge in [-0.2, -0.15) is 0 Å². The SMILES string of the molecule is C[C@H]1[C@H](N)CCC[C@@H]1C. The summed E-state index contributed by atoms with van der Waals surface area (Å²) in [6, 6.07) is 0.480. The van der Waals surface area contributed by atoms with Crippen molar-refractivity contribution in [1.29, 1.82) is 0 Å². The third-order valence-electron chi connectivity index (χ3n) is 2.77. The van der Waals surface area contributed by atoms with Gasteiger partial charge in [0.2, 0.25) is 0 Å². The smallest absolute Gasteiger partial charge is 0.00670 e. The van der Waals surface area contributed by atoms with Gasteiger partial charge in [-0.3, -0.25) is 0 Å². The quantitative estimate of drug-likeness (QED) is 0.527. The molecule has 0 aromatic carbocycles. The molecule has 0 aromatic heterocycles. The zero-order valence-corrected chi connectivity index (χ0v) is 6.43. The standard InChI is InChI=1S/C8H17N/c1-6-4-3-5-8(9)7(6)2/h6-8H,3-5,9H2,1-2H3/t6-,7+,8+/m0/s1. The highest BCUT2D eigenvalue weighted by molar-refractivity contribution is 4.78. The Morgan fingerprint density at radius 2 is 1.89 bits per heavy atom. The van der Waals surface area contributed by atoms with Gasteiger partial charge >= 0.3 is 0 Å². The molecule has 54 valence electrons. The van der Waals surface area contributed by atoms with Crippen LogP contribution in [0.3, 0.4) is 0 Å². The summed E-state index contributed by atoms with van der Waals surface area (Å²) in [5.41, 5.74) is 5.87. The lowest BCUT2D eigenvalue weighted by Crippen LogP contribution is -2.35. The molecule has 9 heavy (non-hydrogen) atoms. The highest BCUT2D eigenvalue weighted by Gasteiger charge is 2.23. The first kappa shape index (κ1) is 7.07. The van der Waals surface area contributed by atoms with E-state index in [2.05, 4.69) is 13.8 Å². The molecule has 1 fully saturated rings. The molecule has 1 rings (SSSR count). The molecule has 3 atom stereocenters. The van der Waals surface area contributed by atoms with E-state index in [9.17, 15) is 0 Å². The van der Waals surface area contributed by atoms with Gasteiger partial charge in [-0.25, -0.2) is 0 Å². The second-order valence-electron chi connectivity index (χ2n) is 3.43. The molecule has 1 aliphatic carbocycles. The van der Waals surface area contributed by atoms with E-state index in [-0.39, 0.29) is 0 Å². The molecule has 1 aliphatic rings. The maximum atomic E-state index is 5.87. The lowest BCUT2D eigenvalue weighted by molar-refractivity contribution is 0.240. The summed E-state index contributed by atoms with van der Waals surface area (Å²) in [5.74, 6) is 1.60. The van der Waals surface area contributed by atoms with Crippen molar-refractivity contribution in [2.75, 3.05) is 0 Å². The molecule has 1 saturated carbocycles. The van der Waals surface area contributed by atoms with Gasteiger partial charge in [0.1, 0.15) is 0 Å². The van der Waals surface area contributed by atoms with Crippen LogP contribution >= 0.6 is 0 Å². The van der Waals surface area contributed by atoms with Crippen LogP contribution in [0.4, 0.5) is 0 Å². The van der Waals surface area contributed by atoms with Gasteiger partial charge in [0.15, 0.2) is 0 Å². The Morgan fingerprint density at radius 1 is 1.22 bits per heavy atom. The molecular weight excluding hydrogens is 110 g/mol. The molecular formula is C8H17N. The van der Waals surface area contributed by atoms with Crippen molar-refractivity contribution in [2.24, 2.45) is 17.6 Å². The van der Waals surface area contributed by atoms with Crippen LogP contribution in [0.15, 0.2) is 0 Å². The number of rotatable bonds is 0. The second-order valence-corrected chi connectivity index (χ2v) is 3.43. The monoisotopic (exact) mass is 127 g/mol. The Balaban J connectivity index is 2.41. The Bertz CT molecular complexity index is 80.6. The summed E-state index contributed by atoms with van der Waals surface area (Å²) < 4.78 is 0. The molecule has 0 radical (unpaired) electrons. The van der Waals surface area contributed by atoms with Gasteiger partial charge in [0.05, 0.1) is 0 Å². The van der Waals surface area contributed by atoms with Crippen molar-refractivity contribution >= 4 is 0 Å². The zero-order chi connectivity index (χ0) is 6.85. The molecule has 1 nitrogen and oxygen atoms in total. The highest BCUT2D eigenvalue weighted by Crippen LogP contribution is 2.27. The Hall–Kier alpha value is -0.0400. The van der Waals surface area contributed by atoms with Crippen molar-refractivity contribution in [3.8, 4) is 0 Å². The maximum Gasteiger partial charge on any atom is 0.00670 e. The van der Waals surface area contributed by atoms with E-state index < -0.39 is 0 Å². The first-order valence-corrected chi connectivity index (χ1v) is 3.97. The average Bonchev–Trinajstić information content (AvgIpc) is 1.83. The minimum absolute atomic E-state index is 0.480. The molecule has 0 unspecified atom stereocenters. The Labute approximate surface area is 57.6 Å². The van der Waals surface area contributed by atoms with Crippen molar-refractivity contribution < 1.29 is 0 Å². The van der Waals surface area contributed by atoms with E-state index in [1.54, 1.807) is 0 Å². The van der Waals surface area contributed by atoms with Crippen molar-refractivity contribution in [1.82, 2.24) is 0 Å². The van der Waals surface area contributed by atoms with E-state index in [4.69, 9.17) is 5.73 Å². The van der Waals surface area contributed by atoms with Gasteiger partial charge in [0, 0.05) is 6.04 Å². The third-order valence-corrected chi connectivity index (χ3v) is 2.77. The minimum atomic E-state index is 0.480. The highest BCUT2D eigenvalue weighted by atomic mass is 14.7. The van der Waals surface area contributed by atoms with Gasteiger partial charge < -0.3 is 5.73 Å². The summed E-state index contributed by atoms with van der Waals surface area (Å²) in [6.07, 6.45) is 3.97. The predicted molar refractivity (Wildman–Crippen MR) is 40.2 cm³/mol. The Kier molecular flexibility index (Phi) is 2.12. The summed E-state index contributed by atoms with van der Waals surface area (Å²) >= 11 is 0. The fraction of sp³-hybridized carbons (Fsp3) is 1.00. The van der Waals surface area contributed by atoms with E-state index in [0.717, 1.165) is 11.8 Å². The van der Waals surface area contributed by atoms with Gasteiger partial charge in [0.25, 0.3) is 0 Å². The number of hydrogen-bond acceptors (Lipinski definition) is 1. The second kappa shape index (κ2) is 2.70. The van der Waals surface area contributed by atoms with Crippen molar-refractivity contribution in [2.45, 2.75) is 39.2 Å². The Morgan fingerprint density at radius 3 is 2.33 bits per heavy atom. The molecule has 0 saturated heterocycles. The van der Waals surface area contributed by atoms with Gasteiger partial charge in [-0.05, 0) is 18.3 Å². The van der Waals surface area contributed by atoms with Crippen LogP contribution in [0.1, 0.15) is 33.1 Å². The first-order valence-electron chi connectivity index (χ1n) is 3.97. The largest absolute Gasteiger partial charge is 0.327 e. The van der Waals surface area contributed by atoms with Crippen molar-refractivity contribution in [3.05, 3.63) is 0 Å². The topological polar surface area (TPSA) is 26.0 Å². The van der Waals surface area contributed by atoms with Crippen LogP contribution < -0.4 is 5.73 Å². The average molecular weight is 127 g/mol. The van der Waals surface area contributed by atoms with E-state index in [0.29, 0.717) is 6.04 Å². The summed E-state index contributed by atoms with van der Waals surface area (Å²) in [4.78, 5) is 0. The molecule has 0 amide bonds. The number of hydrogen-bond donors (Lipinski definition) is 1. The van der Waals surface area contributed by atoms with E-state index in [1.165, 1.54) is 19.3 Å². The van der Waals surface area contributed by atoms with Crippen LogP contribution in [0.25, 0.3) is 0 Å². The van der Waals surface area contributed by atoms with Gasteiger partial charge in [-0.15, -0.1) is 0 Å². The van der Waals surface area contributed by atoms with Crippen LogP contribution in [0, 0.1) is 11.8 Å². The molecule has 0 aromatic rings. The molecule has 2 N–H and O–H groups in total. The fourth-order valence-electron chi connectivity index (χ4n) is 1.62. The normalized spacial score (nSPS) is 45.0. The van der Waals surface area contributed by atoms with Crippen LogP contribution in [0.2, 0.25) is 0 Å². The first-order chi connectivity index (χ1) is 4.22. The predicted octanol–water partition coefficient (Wildman–Crippen LogP) is 1.77. The van der Waals surface area contributed by atoms with Crippen LogP contribution in [0.5, 0.6) is 0 Å². The number of nitrogens with two attached hydrogens (primary N) is 1. The molecule has 0 bridgehead atoms. The van der Waals surface area contributed by atoms with Gasteiger partial charge in [-0.1, -0.05) is 26.7 Å². The molecule has 1 heteroatoms. The molecule has 0 aliphatic heterocycles. The molecule has 0 spiro atoms. The summed E-state index contributed by atoms with van der Waals surface area (Å²) in [6.45, 7) is 4.58. The van der Waals surface area contributed by atoms with E-state index >= 15 is 0 Å². The lowest BCUT2D eigenvalue weighted by atomic mass is 9.78. The third kappa shape index (κ3) is 1.45. The summed E-state index contributed by atoms with van der Waals surface area (Å²) in [5, 5.41) is 0. The van der Waals surface area contributed by atoms with Crippen molar-refractivity contribution in [3.63, 3.8) is 0 Å². The van der Waals surface area contributed by atoms with Crippen LogP contribution in [-0.2, 0) is 0 Å².